The number of para-hydroxylation sites is 1. The molecule has 1 aromatic heterocycles. The van der Waals surface area contributed by atoms with Crippen LogP contribution in [-0.4, -0.2) is 63.5 Å². The molecule has 1 saturated heterocycles. The van der Waals surface area contributed by atoms with E-state index in [4.69, 9.17) is 9.47 Å². The molecule has 3 heterocycles. The molecule has 1 N–H and O–H groups in total. The molecule has 0 bridgehead atoms. The number of rotatable bonds is 3. The fraction of sp³-hybridized carbons (Fsp3) is 0.360. The van der Waals surface area contributed by atoms with E-state index in [1.54, 1.807) is 27.1 Å². The van der Waals surface area contributed by atoms with Crippen molar-refractivity contribution in [3.8, 4) is 5.75 Å². The average Bonchev–Trinajstić information content (AvgIpc) is 3.22. The smallest absolute Gasteiger partial charge is 0.410 e. The molecule has 35 heavy (non-hydrogen) atoms. The van der Waals surface area contributed by atoms with E-state index in [1.807, 2.05) is 51.2 Å². The van der Waals surface area contributed by atoms with Gasteiger partial charge in [-0.2, -0.15) is 0 Å². The van der Waals surface area contributed by atoms with Crippen LogP contribution in [0.2, 0.25) is 0 Å². The summed E-state index contributed by atoms with van der Waals surface area (Å²) in [7, 11) is -1.52. The molecule has 5 rings (SSSR count). The summed E-state index contributed by atoms with van der Waals surface area (Å²) < 4.78 is 26.4. The zero-order chi connectivity index (χ0) is 24.7. The maximum Gasteiger partial charge on any atom is 0.410 e. The van der Waals surface area contributed by atoms with E-state index >= 15 is 0 Å². The van der Waals surface area contributed by atoms with Crippen molar-refractivity contribution in [2.24, 2.45) is 0 Å². The first-order chi connectivity index (χ1) is 16.7. The molecule has 1 fully saturated rings. The molecule has 184 valence electrons. The monoisotopic (exact) mass is 496 g/mol. The number of nitrogens with zero attached hydrogens (tertiary/aromatic N) is 3. The largest absolute Gasteiger partial charge is 0.482 e. The zero-order valence-electron chi connectivity index (χ0n) is 19.9. The Bertz CT molecular complexity index is 1320. The van der Waals surface area contributed by atoms with Crippen molar-refractivity contribution in [3.63, 3.8) is 0 Å². The van der Waals surface area contributed by atoms with Crippen LogP contribution in [0.1, 0.15) is 20.8 Å². The second-order valence-electron chi connectivity index (χ2n) is 9.56. The first-order valence-corrected chi connectivity index (χ1v) is 12.6. The van der Waals surface area contributed by atoms with Gasteiger partial charge in [0, 0.05) is 43.8 Å². The van der Waals surface area contributed by atoms with Crippen LogP contribution in [-0.2, 0) is 20.5 Å². The van der Waals surface area contributed by atoms with Gasteiger partial charge in [-0.15, -0.1) is 0 Å². The van der Waals surface area contributed by atoms with Gasteiger partial charge in [0.15, 0.2) is 17.6 Å². The number of nitrogens with one attached hydrogen (secondary N) is 1. The minimum Gasteiger partial charge on any atom is -0.482 e. The van der Waals surface area contributed by atoms with Crippen molar-refractivity contribution in [2.75, 3.05) is 43.0 Å². The summed E-state index contributed by atoms with van der Waals surface area (Å²) in [5, 5.41) is 3.75. The number of carbonyl (C=O) groups is 2. The Morgan fingerprint density at radius 2 is 1.83 bits per heavy atom. The minimum absolute atomic E-state index is 0.0606. The van der Waals surface area contributed by atoms with Gasteiger partial charge in [-0.05, 0) is 39.0 Å². The summed E-state index contributed by atoms with van der Waals surface area (Å²) in [6, 6.07) is 13.0. The molecular formula is C25H28N4O5S. The summed E-state index contributed by atoms with van der Waals surface area (Å²) in [6.07, 6.45) is 1.61. The molecule has 0 spiro atoms. The highest BCUT2D eigenvalue weighted by Crippen LogP contribution is 2.34. The Morgan fingerprint density at radius 3 is 2.57 bits per heavy atom. The molecular weight excluding hydrogens is 468 g/mol. The number of amides is 2. The third-order valence-corrected chi connectivity index (χ3v) is 7.21. The maximum atomic E-state index is 13.6. The van der Waals surface area contributed by atoms with Crippen molar-refractivity contribution < 1.29 is 23.3 Å². The topological polar surface area (TPSA) is 93.1 Å². The van der Waals surface area contributed by atoms with E-state index in [1.165, 1.54) is 0 Å². The molecule has 0 radical (unpaired) electrons. The van der Waals surface area contributed by atoms with Gasteiger partial charge in [-0.1, -0.05) is 18.2 Å². The molecule has 2 amide bonds. The number of fused-ring (bicyclic) bond motifs is 2. The average molecular weight is 497 g/mol. The number of hydrogen-bond donors (Lipinski definition) is 1. The SMILES string of the molecule is CC(C)(C)OC(=O)N1CCN(c2cn(S(=O)c3ccc4c(c3)OCC(=O)N4)c3ccccc23)CC1. The second-order valence-corrected chi connectivity index (χ2v) is 10.9. The third kappa shape index (κ3) is 4.70. The molecule has 2 aromatic carbocycles. The summed E-state index contributed by atoms with van der Waals surface area (Å²) >= 11 is 0. The molecule has 2 aliphatic rings. The lowest BCUT2D eigenvalue weighted by molar-refractivity contribution is -0.118. The Morgan fingerprint density at radius 1 is 1.09 bits per heavy atom. The minimum atomic E-state index is -1.52. The Hall–Kier alpha value is -3.53. The number of anilines is 2. The highest BCUT2D eigenvalue weighted by molar-refractivity contribution is 7.83. The van der Waals surface area contributed by atoms with Crippen LogP contribution in [0.4, 0.5) is 16.2 Å². The van der Waals surface area contributed by atoms with Gasteiger partial charge in [-0.25, -0.2) is 9.00 Å². The summed E-state index contributed by atoms with van der Waals surface area (Å²) in [4.78, 5) is 28.5. The Kier molecular flexibility index (Phi) is 5.92. The van der Waals surface area contributed by atoms with Gasteiger partial charge in [-0.3, -0.25) is 8.77 Å². The van der Waals surface area contributed by atoms with Gasteiger partial charge >= 0.3 is 6.09 Å². The van der Waals surface area contributed by atoms with Crippen LogP contribution in [0.25, 0.3) is 10.9 Å². The Labute approximate surface area is 206 Å². The second kappa shape index (κ2) is 8.92. The molecule has 1 atom stereocenters. The van der Waals surface area contributed by atoms with Crippen LogP contribution in [0.15, 0.2) is 53.6 Å². The molecule has 2 aliphatic heterocycles. The van der Waals surface area contributed by atoms with Crippen molar-refractivity contribution in [2.45, 2.75) is 31.3 Å². The lowest BCUT2D eigenvalue weighted by atomic mass is 10.2. The summed E-state index contributed by atoms with van der Waals surface area (Å²) in [6.45, 7) is 7.91. The highest BCUT2D eigenvalue weighted by Gasteiger charge is 2.28. The number of carbonyl (C=O) groups excluding carboxylic acids is 2. The van der Waals surface area contributed by atoms with Crippen molar-refractivity contribution >= 4 is 45.3 Å². The van der Waals surface area contributed by atoms with Gasteiger partial charge < -0.3 is 24.6 Å². The van der Waals surface area contributed by atoms with E-state index in [0.29, 0.717) is 42.5 Å². The number of benzene rings is 2. The van der Waals surface area contributed by atoms with Crippen molar-refractivity contribution in [3.05, 3.63) is 48.7 Å². The van der Waals surface area contributed by atoms with Crippen LogP contribution < -0.4 is 15.0 Å². The van der Waals surface area contributed by atoms with Crippen LogP contribution in [0.3, 0.4) is 0 Å². The van der Waals surface area contributed by atoms with Gasteiger partial charge in [0.2, 0.25) is 0 Å². The van der Waals surface area contributed by atoms with E-state index in [0.717, 1.165) is 16.6 Å². The molecule has 0 aliphatic carbocycles. The van der Waals surface area contributed by atoms with Gasteiger partial charge in [0.1, 0.15) is 11.4 Å². The predicted octanol–water partition coefficient (Wildman–Crippen LogP) is 3.60. The molecule has 9 nitrogen and oxygen atoms in total. The molecule has 10 heteroatoms. The third-order valence-electron chi connectivity index (χ3n) is 5.90. The van der Waals surface area contributed by atoms with Crippen LogP contribution in [0, 0.1) is 0 Å². The van der Waals surface area contributed by atoms with Crippen LogP contribution >= 0.6 is 0 Å². The van der Waals surface area contributed by atoms with Crippen LogP contribution in [0.5, 0.6) is 5.75 Å². The standard InChI is InChI=1S/C25H28N4O5S/c1-25(2,3)34-24(31)28-12-10-27(11-13-28)21-15-29(20-7-5-4-6-18(20)21)35(32)17-8-9-19-22(14-17)33-16-23(30)26-19/h4-9,14-15H,10-13,16H2,1-3H3,(H,26,30). The predicted molar refractivity (Wildman–Crippen MR) is 134 cm³/mol. The number of piperazine rings is 1. The van der Waals surface area contributed by atoms with Gasteiger partial charge in [0.05, 0.1) is 21.8 Å². The molecule has 3 aromatic rings. The first kappa shape index (κ1) is 23.2. The summed E-state index contributed by atoms with van der Waals surface area (Å²) in [5.41, 5.74) is 1.86. The Balaban J connectivity index is 1.39. The normalized spacial score (nSPS) is 16.9. The van der Waals surface area contributed by atoms with E-state index < -0.39 is 16.6 Å². The van der Waals surface area contributed by atoms with Crippen molar-refractivity contribution in [1.82, 2.24) is 8.87 Å². The summed E-state index contributed by atoms with van der Waals surface area (Å²) in [5.74, 6) is 0.296. The van der Waals surface area contributed by atoms with E-state index in [9.17, 15) is 13.8 Å². The first-order valence-electron chi connectivity index (χ1n) is 11.5. The molecule has 0 saturated carbocycles. The fourth-order valence-corrected chi connectivity index (χ4v) is 5.41. The van der Waals surface area contributed by atoms with E-state index in [-0.39, 0.29) is 18.6 Å². The number of hydrogen-bond acceptors (Lipinski definition) is 6. The van der Waals surface area contributed by atoms with Gasteiger partial charge in [0.25, 0.3) is 5.91 Å². The number of aromatic nitrogens is 1. The highest BCUT2D eigenvalue weighted by atomic mass is 32.2. The zero-order valence-corrected chi connectivity index (χ0v) is 20.8. The molecule has 1 unspecified atom stereocenters. The lowest BCUT2D eigenvalue weighted by Crippen LogP contribution is -2.50. The lowest BCUT2D eigenvalue weighted by Gasteiger charge is -2.36. The quantitative estimate of drug-likeness (QED) is 0.596. The fourth-order valence-electron chi connectivity index (χ4n) is 4.26. The van der Waals surface area contributed by atoms with E-state index in [2.05, 4.69) is 10.2 Å². The maximum absolute atomic E-state index is 13.6. The number of ether oxygens (including phenoxy) is 2. The van der Waals surface area contributed by atoms with Crippen molar-refractivity contribution in [1.29, 1.82) is 0 Å².